The van der Waals surface area contributed by atoms with Crippen molar-refractivity contribution >= 4 is 5.91 Å². The number of rotatable bonds is 6. The van der Waals surface area contributed by atoms with Crippen molar-refractivity contribution < 1.29 is 27.5 Å². The van der Waals surface area contributed by atoms with Crippen LogP contribution in [0.3, 0.4) is 0 Å². The van der Waals surface area contributed by atoms with Crippen LogP contribution in [0.5, 0.6) is 0 Å². The number of halogens is 4. The second-order valence-electron chi connectivity index (χ2n) is 7.92. The monoisotopic (exact) mass is 423 g/mol. The van der Waals surface area contributed by atoms with Gasteiger partial charge >= 0.3 is 6.18 Å². The lowest BCUT2D eigenvalue weighted by atomic mass is 9.69. The molecule has 0 radical (unpaired) electrons. The molecule has 1 unspecified atom stereocenters. The zero-order valence-electron chi connectivity index (χ0n) is 16.8. The Balaban J connectivity index is 1.79. The van der Waals surface area contributed by atoms with Crippen molar-refractivity contribution in [2.75, 3.05) is 13.2 Å². The van der Waals surface area contributed by atoms with Crippen LogP contribution in [0.15, 0.2) is 48.5 Å². The SMILES string of the molecule is C[C@@H](c1ccc(C(F)(F)F)cc1)N1CCC(CCCO)(c2ccc(F)cc2)CC1=O. The number of aliphatic hydroxyl groups excluding tert-OH is 1. The number of aliphatic hydroxyl groups is 1. The highest BCUT2D eigenvalue weighted by molar-refractivity contribution is 5.79. The minimum Gasteiger partial charge on any atom is -0.396 e. The fourth-order valence-corrected chi connectivity index (χ4v) is 4.30. The summed E-state index contributed by atoms with van der Waals surface area (Å²) in [6.45, 7) is 2.24. The number of carbonyl (C=O) groups excluding carboxylic acids is 1. The molecule has 1 aliphatic rings. The molecule has 2 aromatic carbocycles. The van der Waals surface area contributed by atoms with Crippen LogP contribution in [0.1, 0.15) is 55.3 Å². The molecule has 162 valence electrons. The molecule has 0 bridgehead atoms. The molecular formula is C23H25F4NO2. The van der Waals surface area contributed by atoms with Gasteiger partial charge in [-0.05, 0) is 61.6 Å². The Morgan fingerprint density at radius 3 is 2.27 bits per heavy atom. The first kappa shape index (κ1) is 22.3. The molecule has 2 aromatic rings. The van der Waals surface area contributed by atoms with Gasteiger partial charge in [-0.2, -0.15) is 13.2 Å². The summed E-state index contributed by atoms with van der Waals surface area (Å²) < 4.78 is 51.8. The highest BCUT2D eigenvalue weighted by Crippen LogP contribution is 2.42. The molecule has 1 N–H and O–H groups in total. The zero-order chi connectivity index (χ0) is 21.9. The van der Waals surface area contributed by atoms with Gasteiger partial charge in [0.05, 0.1) is 11.6 Å². The molecule has 30 heavy (non-hydrogen) atoms. The van der Waals surface area contributed by atoms with Crippen LogP contribution in [0, 0.1) is 5.82 Å². The largest absolute Gasteiger partial charge is 0.416 e. The van der Waals surface area contributed by atoms with Gasteiger partial charge in [-0.15, -0.1) is 0 Å². The molecule has 0 aliphatic carbocycles. The highest BCUT2D eigenvalue weighted by Gasteiger charge is 2.41. The van der Waals surface area contributed by atoms with Crippen molar-refractivity contribution in [2.24, 2.45) is 0 Å². The first-order valence-electron chi connectivity index (χ1n) is 10.00. The second kappa shape index (κ2) is 8.76. The lowest BCUT2D eigenvalue weighted by molar-refractivity contribution is -0.139. The fourth-order valence-electron chi connectivity index (χ4n) is 4.30. The Morgan fingerprint density at radius 1 is 1.10 bits per heavy atom. The number of hydrogen-bond acceptors (Lipinski definition) is 2. The standard InChI is InChI=1S/C23H25F4NO2/c1-16(17-3-5-19(6-4-17)23(25,26)27)28-13-12-22(11-2-14-29,15-21(28)30)18-7-9-20(24)10-8-18/h3-10,16,29H,2,11-15H2,1H3/t16-,22?/m0/s1. The van der Waals surface area contributed by atoms with Crippen molar-refractivity contribution in [2.45, 2.75) is 50.2 Å². The molecule has 1 aliphatic heterocycles. The number of benzene rings is 2. The average molecular weight is 423 g/mol. The maximum Gasteiger partial charge on any atom is 0.416 e. The molecule has 1 saturated heterocycles. The van der Waals surface area contributed by atoms with Crippen LogP contribution < -0.4 is 0 Å². The van der Waals surface area contributed by atoms with Gasteiger partial charge in [0.1, 0.15) is 5.82 Å². The molecule has 3 rings (SSSR count). The van der Waals surface area contributed by atoms with Crippen molar-refractivity contribution in [1.29, 1.82) is 0 Å². The number of nitrogens with zero attached hydrogens (tertiary/aromatic N) is 1. The predicted molar refractivity (Wildman–Crippen MR) is 105 cm³/mol. The van der Waals surface area contributed by atoms with Crippen LogP contribution in [0.2, 0.25) is 0 Å². The Bertz CT molecular complexity index is 864. The summed E-state index contributed by atoms with van der Waals surface area (Å²) in [4.78, 5) is 14.7. The van der Waals surface area contributed by atoms with Gasteiger partial charge < -0.3 is 10.0 Å². The van der Waals surface area contributed by atoms with Crippen LogP contribution in [0.4, 0.5) is 17.6 Å². The smallest absolute Gasteiger partial charge is 0.396 e. The molecule has 3 nitrogen and oxygen atoms in total. The van der Waals surface area contributed by atoms with Gasteiger partial charge in [0.15, 0.2) is 0 Å². The molecule has 0 spiro atoms. The normalized spacial score (nSPS) is 21.0. The minimum atomic E-state index is -4.40. The maximum atomic E-state index is 13.4. The molecular weight excluding hydrogens is 398 g/mol. The van der Waals surface area contributed by atoms with Crippen LogP contribution >= 0.6 is 0 Å². The number of alkyl halides is 3. The first-order valence-corrected chi connectivity index (χ1v) is 10.00. The number of piperidine rings is 1. The van der Waals surface area contributed by atoms with Gasteiger partial charge in [0, 0.05) is 25.0 Å². The molecule has 2 atom stereocenters. The van der Waals surface area contributed by atoms with Crippen LogP contribution in [-0.4, -0.2) is 29.1 Å². The Hall–Kier alpha value is -2.41. The Kier molecular flexibility index (Phi) is 6.50. The summed E-state index contributed by atoms with van der Waals surface area (Å²) in [7, 11) is 0. The molecule has 7 heteroatoms. The average Bonchev–Trinajstić information content (AvgIpc) is 2.72. The van der Waals surface area contributed by atoms with Gasteiger partial charge in [-0.1, -0.05) is 24.3 Å². The third kappa shape index (κ3) is 4.67. The van der Waals surface area contributed by atoms with E-state index in [2.05, 4.69) is 0 Å². The van der Waals surface area contributed by atoms with Crippen molar-refractivity contribution in [3.63, 3.8) is 0 Å². The topological polar surface area (TPSA) is 40.5 Å². The fraction of sp³-hybridized carbons (Fsp3) is 0.435. The lowest BCUT2D eigenvalue weighted by Gasteiger charge is -2.44. The molecule has 1 fully saturated rings. The Labute approximate surface area is 173 Å². The highest BCUT2D eigenvalue weighted by atomic mass is 19.4. The number of hydrogen-bond donors (Lipinski definition) is 1. The van der Waals surface area contributed by atoms with E-state index in [1.54, 1.807) is 24.0 Å². The summed E-state index contributed by atoms with van der Waals surface area (Å²) in [5.74, 6) is -0.452. The van der Waals surface area contributed by atoms with E-state index >= 15 is 0 Å². The summed E-state index contributed by atoms with van der Waals surface area (Å²) in [5, 5.41) is 9.30. The quantitative estimate of drug-likeness (QED) is 0.646. The van der Waals surface area contributed by atoms with E-state index in [1.165, 1.54) is 24.3 Å². The van der Waals surface area contributed by atoms with Gasteiger partial charge in [-0.3, -0.25) is 4.79 Å². The third-order valence-electron chi connectivity index (χ3n) is 6.10. The number of likely N-dealkylation sites (tertiary alicyclic amines) is 1. The lowest BCUT2D eigenvalue weighted by Crippen LogP contribution is -2.47. The van der Waals surface area contributed by atoms with E-state index in [0.717, 1.165) is 17.7 Å². The van der Waals surface area contributed by atoms with Gasteiger partial charge in [-0.25, -0.2) is 4.39 Å². The van der Waals surface area contributed by atoms with E-state index in [0.29, 0.717) is 31.4 Å². The summed E-state index contributed by atoms with van der Waals surface area (Å²) in [6, 6.07) is 10.7. The van der Waals surface area contributed by atoms with E-state index < -0.39 is 17.2 Å². The summed E-state index contributed by atoms with van der Waals surface area (Å²) in [5.41, 5.74) is 0.306. The first-order chi connectivity index (χ1) is 14.2. The van der Waals surface area contributed by atoms with Crippen molar-refractivity contribution in [1.82, 2.24) is 4.90 Å². The second-order valence-corrected chi connectivity index (χ2v) is 7.92. The maximum absolute atomic E-state index is 13.4. The van der Waals surface area contributed by atoms with Crippen molar-refractivity contribution in [3.05, 3.63) is 71.0 Å². The number of amides is 1. The summed E-state index contributed by atoms with van der Waals surface area (Å²) in [6.07, 6.45) is -2.42. The van der Waals surface area contributed by atoms with E-state index in [1.807, 2.05) is 0 Å². The van der Waals surface area contributed by atoms with E-state index in [-0.39, 0.29) is 30.8 Å². The minimum absolute atomic E-state index is 0.00278. The van der Waals surface area contributed by atoms with E-state index in [4.69, 9.17) is 0 Å². The van der Waals surface area contributed by atoms with Gasteiger partial charge in [0.2, 0.25) is 5.91 Å². The van der Waals surface area contributed by atoms with Crippen LogP contribution in [0.25, 0.3) is 0 Å². The van der Waals surface area contributed by atoms with Crippen LogP contribution in [-0.2, 0) is 16.4 Å². The Morgan fingerprint density at radius 2 is 1.73 bits per heavy atom. The van der Waals surface area contributed by atoms with Crippen molar-refractivity contribution in [3.8, 4) is 0 Å². The molecule has 0 saturated carbocycles. The third-order valence-corrected chi connectivity index (χ3v) is 6.10. The number of carbonyl (C=O) groups is 1. The summed E-state index contributed by atoms with van der Waals surface area (Å²) >= 11 is 0. The zero-order valence-corrected chi connectivity index (χ0v) is 16.8. The molecule has 1 heterocycles. The predicted octanol–water partition coefficient (Wildman–Crippen LogP) is 5.24. The van der Waals surface area contributed by atoms with Gasteiger partial charge in [0.25, 0.3) is 0 Å². The molecule has 1 amide bonds. The molecule has 0 aromatic heterocycles. The van der Waals surface area contributed by atoms with E-state index in [9.17, 15) is 27.5 Å².